The van der Waals surface area contributed by atoms with E-state index in [4.69, 9.17) is 5.73 Å². The number of aryl methyl sites for hydroxylation is 1. The minimum Gasteiger partial charge on any atom is -0.383 e. The molecule has 0 atom stereocenters. The summed E-state index contributed by atoms with van der Waals surface area (Å²) in [6.45, 7) is 2.15. The Morgan fingerprint density at radius 1 is 1.44 bits per heavy atom. The standard InChI is InChI=1S/C12H15N3S/c1-2-8-6-9-10(13)14-11(7-4-3-5-7)15-12(9)16-8/h6-7H,2-5H2,1H3,(H2,13,14,15). The molecule has 3 rings (SSSR count). The average Bonchev–Trinajstić information content (AvgIpc) is 2.58. The van der Waals surface area contributed by atoms with Crippen LogP contribution in [0.2, 0.25) is 0 Å². The van der Waals surface area contributed by atoms with E-state index in [-0.39, 0.29) is 0 Å². The van der Waals surface area contributed by atoms with Gasteiger partial charge in [0.15, 0.2) is 0 Å². The largest absolute Gasteiger partial charge is 0.383 e. The predicted molar refractivity (Wildman–Crippen MR) is 67.8 cm³/mol. The second kappa shape index (κ2) is 3.70. The lowest BCUT2D eigenvalue weighted by Crippen LogP contribution is -2.13. The van der Waals surface area contributed by atoms with Gasteiger partial charge < -0.3 is 5.73 Å². The Hall–Kier alpha value is -1.16. The van der Waals surface area contributed by atoms with E-state index in [0.29, 0.717) is 11.7 Å². The summed E-state index contributed by atoms with van der Waals surface area (Å²) in [6, 6.07) is 2.12. The second-order valence-corrected chi connectivity index (χ2v) is 5.50. The zero-order valence-electron chi connectivity index (χ0n) is 9.36. The van der Waals surface area contributed by atoms with E-state index < -0.39 is 0 Å². The molecule has 16 heavy (non-hydrogen) atoms. The van der Waals surface area contributed by atoms with E-state index in [2.05, 4.69) is 23.0 Å². The molecule has 3 nitrogen and oxygen atoms in total. The fourth-order valence-corrected chi connectivity index (χ4v) is 3.02. The van der Waals surface area contributed by atoms with Crippen molar-refractivity contribution in [1.82, 2.24) is 9.97 Å². The van der Waals surface area contributed by atoms with Crippen molar-refractivity contribution >= 4 is 27.4 Å². The van der Waals surface area contributed by atoms with E-state index >= 15 is 0 Å². The third-order valence-electron chi connectivity index (χ3n) is 3.31. The number of rotatable bonds is 2. The highest BCUT2D eigenvalue weighted by molar-refractivity contribution is 7.18. The third kappa shape index (κ3) is 1.48. The monoisotopic (exact) mass is 233 g/mol. The Kier molecular flexibility index (Phi) is 2.32. The summed E-state index contributed by atoms with van der Waals surface area (Å²) in [5.41, 5.74) is 6.00. The molecule has 2 heterocycles. The molecule has 1 aliphatic carbocycles. The van der Waals surface area contributed by atoms with E-state index in [0.717, 1.165) is 22.5 Å². The van der Waals surface area contributed by atoms with Gasteiger partial charge in [-0.2, -0.15) is 0 Å². The molecule has 0 saturated heterocycles. The van der Waals surface area contributed by atoms with Gasteiger partial charge in [-0.25, -0.2) is 9.97 Å². The lowest BCUT2D eigenvalue weighted by Gasteiger charge is -2.23. The van der Waals surface area contributed by atoms with Gasteiger partial charge in [-0.1, -0.05) is 13.3 Å². The zero-order valence-corrected chi connectivity index (χ0v) is 10.2. The van der Waals surface area contributed by atoms with Crippen LogP contribution in [0, 0.1) is 0 Å². The summed E-state index contributed by atoms with van der Waals surface area (Å²) in [5, 5.41) is 1.03. The van der Waals surface area contributed by atoms with Gasteiger partial charge in [0, 0.05) is 10.8 Å². The first-order valence-electron chi connectivity index (χ1n) is 5.83. The van der Waals surface area contributed by atoms with Crippen molar-refractivity contribution in [2.45, 2.75) is 38.5 Å². The summed E-state index contributed by atoms with van der Waals surface area (Å²) in [6.07, 6.45) is 4.78. The van der Waals surface area contributed by atoms with Gasteiger partial charge >= 0.3 is 0 Å². The zero-order chi connectivity index (χ0) is 11.1. The molecular weight excluding hydrogens is 218 g/mol. The van der Waals surface area contributed by atoms with Crippen LogP contribution in [0.5, 0.6) is 0 Å². The van der Waals surface area contributed by atoms with Crippen molar-refractivity contribution in [3.8, 4) is 0 Å². The Bertz CT molecular complexity index is 528. The maximum Gasteiger partial charge on any atom is 0.135 e. The molecule has 0 unspecified atom stereocenters. The van der Waals surface area contributed by atoms with Gasteiger partial charge in [-0.15, -0.1) is 11.3 Å². The molecule has 4 heteroatoms. The van der Waals surface area contributed by atoms with Gasteiger partial charge in [0.1, 0.15) is 16.5 Å². The summed E-state index contributed by atoms with van der Waals surface area (Å²) >= 11 is 1.75. The van der Waals surface area contributed by atoms with Crippen LogP contribution in [-0.4, -0.2) is 9.97 Å². The van der Waals surface area contributed by atoms with Crippen LogP contribution in [0.3, 0.4) is 0 Å². The van der Waals surface area contributed by atoms with Crippen LogP contribution in [-0.2, 0) is 6.42 Å². The van der Waals surface area contributed by atoms with E-state index in [1.165, 1.54) is 24.1 Å². The van der Waals surface area contributed by atoms with Crippen molar-refractivity contribution in [1.29, 1.82) is 0 Å². The van der Waals surface area contributed by atoms with Crippen molar-refractivity contribution in [2.75, 3.05) is 5.73 Å². The molecule has 0 aliphatic heterocycles. The topological polar surface area (TPSA) is 51.8 Å². The molecule has 0 spiro atoms. The van der Waals surface area contributed by atoms with Gasteiger partial charge in [0.05, 0.1) is 5.39 Å². The highest BCUT2D eigenvalue weighted by Crippen LogP contribution is 2.37. The molecule has 0 amide bonds. The normalized spacial score (nSPS) is 16.6. The van der Waals surface area contributed by atoms with Crippen molar-refractivity contribution in [3.05, 3.63) is 16.8 Å². The van der Waals surface area contributed by atoms with Crippen LogP contribution >= 0.6 is 11.3 Å². The Balaban J connectivity index is 2.12. The first-order valence-corrected chi connectivity index (χ1v) is 6.65. The van der Waals surface area contributed by atoms with Crippen LogP contribution in [0.25, 0.3) is 10.2 Å². The molecule has 0 aromatic carbocycles. The maximum atomic E-state index is 6.00. The summed E-state index contributed by atoms with van der Waals surface area (Å²) in [5.74, 6) is 2.17. The van der Waals surface area contributed by atoms with Gasteiger partial charge in [-0.3, -0.25) is 0 Å². The molecule has 1 saturated carbocycles. The third-order valence-corrected chi connectivity index (χ3v) is 4.48. The highest BCUT2D eigenvalue weighted by Gasteiger charge is 2.23. The molecule has 2 N–H and O–H groups in total. The smallest absolute Gasteiger partial charge is 0.135 e. The Labute approximate surface area is 98.7 Å². The number of nitrogen functional groups attached to an aromatic ring is 1. The van der Waals surface area contributed by atoms with Gasteiger partial charge in [0.25, 0.3) is 0 Å². The number of thiophene rings is 1. The fraction of sp³-hybridized carbons (Fsp3) is 0.500. The number of anilines is 1. The van der Waals surface area contributed by atoms with E-state index in [1.807, 2.05) is 0 Å². The van der Waals surface area contributed by atoms with Crippen molar-refractivity contribution < 1.29 is 0 Å². The number of aromatic nitrogens is 2. The first kappa shape index (κ1) is 10.0. The Morgan fingerprint density at radius 2 is 2.25 bits per heavy atom. The fourth-order valence-electron chi connectivity index (χ4n) is 2.03. The quantitative estimate of drug-likeness (QED) is 0.867. The molecular formula is C12H15N3S. The number of fused-ring (bicyclic) bond motifs is 1. The lowest BCUT2D eigenvalue weighted by atomic mass is 9.85. The van der Waals surface area contributed by atoms with Crippen LogP contribution in [0.1, 0.15) is 42.8 Å². The van der Waals surface area contributed by atoms with Gasteiger partial charge in [0.2, 0.25) is 0 Å². The molecule has 1 aliphatic rings. The summed E-state index contributed by atoms with van der Waals surface area (Å²) in [4.78, 5) is 11.5. The Morgan fingerprint density at radius 3 is 2.88 bits per heavy atom. The number of nitrogens with zero attached hydrogens (tertiary/aromatic N) is 2. The molecule has 2 aromatic rings. The minimum absolute atomic E-state index is 0.555. The average molecular weight is 233 g/mol. The number of hydrogen-bond acceptors (Lipinski definition) is 4. The van der Waals surface area contributed by atoms with Crippen molar-refractivity contribution in [2.24, 2.45) is 0 Å². The molecule has 0 bridgehead atoms. The van der Waals surface area contributed by atoms with E-state index in [1.54, 1.807) is 11.3 Å². The first-order chi connectivity index (χ1) is 7.78. The number of hydrogen-bond donors (Lipinski definition) is 1. The van der Waals surface area contributed by atoms with E-state index in [9.17, 15) is 0 Å². The SMILES string of the molecule is CCc1cc2c(N)nc(C3CCC3)nc2s1. The van der Waals surface area contributed by atoms with Crippen LogP contribution in [0.4, 0.5) is 5.82 Å². The lowest BCUT2D eigenvalue weighted by molar-refractivity contribution is 0.403. The van der Waals surface area contributed by atoms with Gasteiger partial charge in [-0.05, 0) is 25.3 Å². The minimum atomic E-state index is 0.555. The maximum absolute atomic E-state index is 6.00. The van der Waals surface area contributed by atoms with Crippen LogP contribution in [0.15, 0.2) is 6.07 Å². The summed E-state index contributed by atoms with van der Waals surface area (Å²) in [7, 11) is 0. The predicted octanol–water partition coefficient (Wildman–Crippen LogP) is 3.10. The molecule has 84 valence electrons. The number of nitrogens with two attached hydrogens (primary N) is 1. The molecule has 2 aromatic heterocycles. The molecule has 1 fully saturated rings. The second-order valence-electron chi connectivity index (χ2n) is 4.38. The highest BCUT2D eigenvalue weighted by atomic mass is 32.1. The van der Waals surface area contributed by atoms with Crippen LogP contribution < -0.4 is 5.73 Å². The summed E-state index contributed by atoms with van der Waals surface area (Å²) < 4.78 is 0. The van der Waals surface area contributed by atoms with Crippen molar-refractivity contribution in [3.63, 3.8) is 0 Å². The molecule has 0 radical (unpaired) electrons.